The molecule has 152 valence electrons. The van der Waals surface area contributed by atoms with E-state index in [-0.39, 0.29) is 12.0 Å². The molecule has 0 bridgehead atoms. The highest BCUT2D eigenvalue weighted by Crippen LogP contribution is 2.43. The molecule has 1 unspecified atom stereocenters. The molecule has 4 nitrogen and oxygen atoms in total. The molecule has 0 saturated carbocycles. The maximum absolute atomic E-state index is 14.0. The van der Waals surface area contributed by atoms with Crippen molar-refractivity contribution in [2.24, 2.45) is 0 Å². The number of amides is 1. The summed E-state index contributed by atoms with van der Waals surface area (Å²) in [6, 6.07) is 8.10. The molecule has 2 aromatic carbocycles. The minimum absolute atomic E-state index is 0.0164. The molecule has 1 aliphatic rings. The number of nitrogens with zero attached hydrogens (tertiary/aromatic N) is 1. The molecule has 1 amide bonds. The number of hydrogen-bond donors (Lipinski definition) is 1. The van der Waals surface area contributed by atoms with E-state index in [0.29, 0.717) is 17.7 Å². The number of ether oxygens (including phenoxy) is 1. The predicted molar refractivity (Wildman–Crippen MR) is 102 cm³/mol. The molecular formula is C21H25F3N2O2. The van der Waals surface area contributed by atoms with Crippen LogP contribution in [0.15, 0.2) is 36.4 Å². The van der Waals surface area contributed by atoms with E-state index in [1.54, 1.807) is 32.0 Å². The summed E-state index contributed by atoms with van der Waals surface area (Å²) in [4.78, 5) is 11.8. The Morgan fingerprint density at radius 3 is 2.61 bits per heavy atom. The van der Waals surface area contributed by atoms with E-state index in [1.807, 2.05) is 6.07 Å². The third-order valence-electron chi connectivity index (χ3n) is 4.99. The van der Waals surface area contributed by atoms with E-state index in [4.69, 9.17) is 4.74 Å². The highest BCUT2D eigenvalue weighted by Gasteiger charge is 2.52. The van der Waals surface area contributed by atoms with Gasteiger partial charge in [-0.1, -0.05) is 37.6 Å². The van der Waals surface area contributed by atoms with Gasteiger partial charge in [-0.05, 0) is 43.4 Å². The van der Waals surface area contributed by atoms with Crippen molar-refractivity contribution in [2.75, 3.05) is 6.61 Å². The van der Waals surface area contributed by atoms with Crippen LogP contribution in [0.5, 0.6) is 5.75 Å². The van der Waals surface area contributed by atoms with Crippen LogP contribution in [-0.4, -0.2) is 29.2 Å². The average molecular weight is 394 g/mol. The molecule has 1 heterocycles. The quantitative estimate of drug-likeness (QED) is 0.690. The molecular weight excluding hydrogens is 369 g/mol. The molecule has 1 atom stereocenters. The molecule has 1 aliphatic heterocycles. The van der Waals surface area contributed by atoms with E-state index in [2.05, 4.69) is 12.3 Å². The Kier molecular flexibility index (Phi) is 5.57. The minimum Gasteiger partial charge on any atom is -0.493 e. The van der Waals surface area contributed by atoms with Gasteiger partial charge in [0.25, 0.3) is 0 Å². The molecule has 28 heavy (non-hydrogen) atoms. The number of hydrogen-bond acceptors (Lipinski definition) is 3. The fourth-order valence-electron chi connectivity index (χ4n) is 3.60. The first-order chi connectivity index (χ1) is 13.1. The maximum Gasteiger partial charge on any atom is 0.409 e. The van der Waals surface area contributed by atoms with Crippen molar-refractivity contribution in [3.63, 3.8) is 0 Å². The van der Waals surface area contributed by atoms with Gasteiger partial charge in [0, 0.05) is 17.3 Å². The number of benzene rings is 2. The molecule has 2 aromatic rings. The molecule has 0 spiro atoms. The molecule has 1 fully saturated rings. The second-order valence-electron chi connectivity index (χ2n) is 7.78. The average Bonchev–Trinajstić information content (AvgIpc) is 2.86. The largest absolute Gasteiger partial charge is 0.493 e. The van der Waals surface area contributed by atoms with Gasteiger partial charge in [0.05, 0.1) is 6.61 Å². The van der Waals surface area contributed by atoms with Crippen molar-refractivity contribution < 1.29 is 22.7 Å². The fraction of sp³-hybridized carbons (Fsp3) is 0.476. The summed E-state index contributed by atoms with van der Waals surface area (Å²) in [5.74, 6) is 0.252. The SMILES string of the molecule is CCCCOc1cccc2cc(C(N3NC(=O)CC3(C)C)C(F)(F)F)ccc12. The number of fused-ring (bicyclic) bond motifs is 1. The molecule has 0 radical (unpaired) electrons. The first-order valence-corrected chi connectivity index (χ1v) is 9.44. The highest BCUT2D eigenvalue weighted by molar-refractivity contribution is 5.89. The van der Waals surface area contributed by atoms with E-state index in [0.717, 1.165) is 23.2 Å². The van der Waals surface area contributed by atoms with Gasteiger partial charge < -0.3 is 4.74 Å². The third kappa shape index (κ3) is 4.09. The van der Waals surface area contributed by atoms with Gasteiger partial charge in [-0.2, -0.15) is 18.2 Å². The standard InChI is InChI=1S/C21H25F3N2O2/c1-4-5-11-28-17-8-6-7-14-12-15(9-10-16(14)17)19(21(22,23)24)26-20(2,3)13-18(27)25-26/h6-10,12,19H,4-5,11,13H2,1-3H3,(H,25,27). The van der Waals surface area contributed by atoms with Crippen LogP contribution in [0.4, 0.5) is 13.2 Å². The van der Waals surface area contributed by atoms with Crippen molar-refractivity contribution >= 4 is 16.7 Å². The van der Waals surface area contributed by atoms with Crippen LogP contribution >= 0.6 is 0 Å². The van der Waals surface area contributed by atoms with Crippen LogP contribution in [-0.2, 0) is 4.79 Å². The first-order valence-electron chi connectivity index (χ1n) is 9.44. The van der Waals surface area contributed by atoms with Crippen molar-refractivity contribution in [1.82, 2.24) is 10.4 Å². The number of unbranched alkanes of at least 4 members (excludes halogenated alkanes) is 1. The smallest absolute Gasteiger partial charge is 0.409 e. The molecule has 0 aromatic heterocycles. The number of alkyl halides is 3. The minimum atomic E-state index is -4.54. The molecule has 1 saturated heterocycles. The Balaban J connectivity index is 2.01. The first kappa shape index (κ1) is 20.5. The van der Waals surface area contributed by atoms with E-state index in [1.165, 1.54) is 12.1 Å². The van der Waals surface area contributed by atoms with Gasteiger partial charge in [0.15, 0.2) is 6.04 Å². The zero-order valence-corrected chi connectivity index (χ0v) is 16.3. The Hall–Kier alpha value is -2.28. The second-order valence-corrected chi connectivity index (χ2v) is 7.78. The number of rotatable bonds is 6. The van der Waals surface area contributed by atoms with Crippen LogP contribution in [0, 0.1) is 0 Å². The lowest BCUT2D eigenvalue weighted by atomic mass is 9.95. The van der Waals surface area contributed by atoms with Crippen LogP contribution in [0.25, 0.3) is 10.8 Å². The summed E-state index contributed by atoms with van der Waals surface area (Å²) in [6.07, 6.45) is -2.62. The summed E-state index contributed by atoms with van der Waals surface area (Å²) in [5.41, 5.74) is 1.53. The van der Waals surface area contributed by atoms with Crippen LogP contribution < -0.4 is 10.2 Å². The Morgan fingerprint density at radius 2 is 2.00 bits per heavy atom. The van der Waals surface area contributed by atoms with E-state index in [9.17, 15) is 18.0 Å². The molecule has 3 rings (SSSR count). The number of halogens is 3. The number of hydrazine groups is 1. The Labute approximate surface area is 162 Å². The zero-order chi connectivity index (χ0) is 20.5. The monoisotopic (exact) mass is 394 g/mol. The Bertz CT molecular complexity index is 864. The number of carbonyl (C=O) groups excluding carboxylic acids is 1. The van der Waals surface area contributed by atoms with Crippen molar-refractivity contribution in [3.8, 4) is 5.75 Å². The molecule has 7 heteroatoms. The zero-order valence-electron chi connectivity index (χ0n) is 16.3. The fourth-order valence-corrected chi connectivity index (χ4v) is 3.60. The van der Waals surface area contributed by atoms with Crippen LogP contribution in [0.3, 0.4) is 0 Å². The second kappa shape index (κ2) is 7.62. The lowest BCUT2D eigenvalue weighted by Gasteiger charge is -2.38. The maximum atomic E-state index is 14.0. The summed E-state index contributed by atoms with van der Waals surface area (Å²) < 4.78 is 47.8. The summed E-state index contributed by atoms with van der Waals surface area (Å²) in [6.45, 7) is 5.89. The Morgan fingerprint density at radius 1 is 1.25 bits per heavy atom. The van der Waals surface area contributed by atoms with Crippen LogP contribution in [0.2, 0.25) is 0 Å². The number of nitrogens with one attached hydrogen (secondary N) is 1. The predicted octanol–water partition coefficient (Wildman–Crippen LogP) is 5.14. The van der Waals surface area contributed by atoms with Gasteiger partial charge in [-0.25, -0.2) is 0 Å². The van der Waals surface area contributed by atoms with E-state index >= 15 is 0 Å². The van der Waals surface area contributed by atoms with E-state index < -0.39 is 23.7 Å². The van der Waals surface area contributed by atoms with Crippen molar-refractivity contribution in [1.29, 1.82) is 0 Å². The highest BCUT2D eigenvalue weighted by atomic mass is 19.4. The van der Waals surface area contributed by atoms with Gasteiger partial charge in [0.2, 0.25) is 5.91 Å². The van der Waals surface area contributed by atoms with Crippen molar-refractivity contribution in [2.45, 2.75) is 57.8 Å². The van der Waals surface area contributed by atoms with Gasteiger partial charge >= 0.3 is 6.18 Å². The molecule has 1 N–H and O–H groups in total. The normalized spacial score (nSPS) is 18.3. The molecule has 0 aliphatic carbocycles. The van der Waals surface area contributed by atoms with Crippen molar-refractivity contribution in [3.05, 3.63) is 42.0 Å². The lowest BCUT2D eigenvalue weighted by molar-refractivity contribution is -0.203. The lowest BCUT2D eigenvalue weighted by Crippen LogP contribution is -2.51. The third-order valence-corrected chi connectivity index (χ3v) is 4.99. The van der Waals surface area contributed by atoms with Gasteiger partial charge in [-0.15, -0.1) is 0 Å². The van der Waals surface area contributed by atoms with Crippen LogP contribution in [0.1, 0.15) is 51.6 Å². The summed E-state index contributed by atoms with van der Waals surface area (Å²) >= 11 is 0. The number of carbonyl (C=O) groups is 1. The topological polar surface area (TPSA) is 41.6 Å². The summed E-state index contributed by atoms with van der Waals surface area (Å²) in [7, 11) is 0. The van der Waals surface area contributed by atoms with Gasteiger partial charge in [0.1, 0.15) is 5.75 Å². The summed E-state index contributed by atoms with van der Waals surface area (Å²) in [5, 5.41) is 2.47. The van der Waals surface area contributed by atoms with Gasteiger partial charge in [-0.3, -0.25) is 10.2 Å².